The fourth-order valence-corrected chi connectivity index (χ4v) is 3.98. The molecule has 4 aromatic rings. The van der Waals surface area contributed by atoms with Crippen molar-refractivity contribution in [1.29, 1.82) is 0 Å². The molecule has 0 fully saturated rings. The van der Waals surface area contributed by atoms with Gasteiger partial charge in [-0.2, -0.15) is 0 Å². The van der Waals surface area contributed by atoms with Crippen LogP contribution in [-0.4, -0.2) is 23.0 Å². The van der Waals surface area contributed by atoms with E-state index in [1.165, 1.54) is 5.56 Å². The second kappa shape index (κ2) is 9.09. The number of carbonyl (C=O) groups is 1. The number of aryl methyl sites for hydroxylation is 2. The lowest BCUT2D eigenvalue weighted by molar-refractivity contribution is 0.102. The molecule has 5 heteroatoms. The first-order valence-corrected chi connectivity index (χ1v) is 10.9. The molecular formula is C28H23N3O2. The van der Waals surface area contributed by atoms with Crippen molar-refractivity contribution in [2.75, 3.05) is 12.4 Å². The van der Waals surface area contributed by atoms with Gasteiger partial charge in [-0.25, -0.2) is 9.97 Å². The van der Waals surface area contributed by atoms with Crippen LogP contribution in [0.2, 0.25) is 0 Å². The van der Waals surface area contributed by atoms with Gasteiger partial charge in [-0.05, 0) is 60.4 Å². The van der Waals surface area contributed by atoms with E-state index in [0.717, 1.165) is 41.1 Å². The fraction of sp³-hybridized carbons (Fsp3) is 0.107. The standard InChI is InChI=1S/C28H23N3O2/c1-33-22-14-15-23-21(18-22)13-17-24-26(23)29-25(16-12-19-8-4-2-5-9-19)27(30-24)31-28(32)20-10-6-3-7-11-20/h2-12,14-16,18H,13,17H2,1H3,(H,30,31,32)/b16-12+. The van der Waals surface area contributed by atoms with Gasteiger partial charge >= 0.3 is 0 Å². The lowest BCUT2D eigenvalue weighted by atomic mass is 9.91. The van der Waals surface area contributed by atoms with Gasteiger partial charge in [-0.3, -0.25) is 4.79 Å². The van der Waals surface area contributed by atoms with Crippen molar-refractivity contribution in [3.63, 3.8) is 0 Å². The first kappa shape index (κ1) is 20.6. The topological polar surface area (TPSA) is 64.1 Å². The number of anilines is 1. The van der Waals surface area contributed by atoms with Gasteiger partial charge in [0.25, 0.3) is 5.91 Å². The van der Waals surface area contributed by atoms with Crippen LogP contribution in [0.1, 0.15) is 32.9 Å². The normalized spacial score (nSPS) is 12.2. The summed E-state index contributed by atoms with van der Waals surface area (Å²) in [5.74, 6) is 1.09. The van der Waals surface area contributed by atoms with Crippen molar-refractivity contribution >= 4 is 23.9 Å². The number of fused-ring (bicyclic) bond motifs is 3. The molecule has 1 aliphatic carbocycles. The van der Waals surface area contributed by atoms with Crippen LogP contribution < -0.4 is 10.1 Å². The van der Waals surface area contributed by atoms with Crippen LogP contribution in [0.15, 0.2) is 78.9 Å². The predicted octanol–water partition coefficient (Wildman–Crippen LogP) is 5.67. The molecule has 0 aliphatic heterocycles. The number of aromatic nitrogens is 2. The molecule has 1 heterocycles. The molecule has 0 unspecified atom stereocenters. The van der Waals surface area contributed by atoms with E-state index in [-0.39, 0.29) is 5.91 Å². The summed E-state index contributed by atoms with van der Waals surface area (Å²) in [6.45, 7) is 0. The smallest absolute Gasteiger partial charge is 0.256 e. The van der Waals surface area contributed by atoms with E-state index < -0.39 is 0 Å². The fourth-order valence-electron chi connectivity index (χ4n) is 3.98. The Kier molecular flexibility index (Phi) is 5.68. The van der Waals surface area contributed by atoms with E-state index in [4.69, 9.17) is 14.7 Å². The quantitative estimate of drug-likeness (QED) is 0.440. The largest absolute Gasteiger partial charge is 0.497 e. The Morgan fingerprint density at radius 3 is 2.42 bits per heavy atom. The Labute approximate surface area is 192 Å². The third kappa shape index (κ3) is 4.39. The van der Waals surface area contributed by atoms with Crippen molar-refractivity contribution in [1.82, 2.24) is 9.97 Å². The number of benzene rings is 3. The van der Waals surface area contributed by atoms with Crippen LogP contribution in [0.4, 0.5) is 5.82 Å². The van der Waals surface area contributed by atoms with E-state index in [9.17, 15) is 4.79 Å². The Morgan fingerprint density at radius 2 is 1.67 bits per heavy atom. The number of amides is 1. The molecule has 0 saturated heterocycles. The molecule has 5 rings (SSSR count). The number of carbonyl (C=O) groups excluding carboxylic acids is 1. The molecule has 1 aromatic heterocycles. The number of rotatable bonds is 5. The van der Waals surface area contributed by atoms with Gasteiger partial charge < -0.3 is 10.1 Å². The zero-order valence-electron chi connectivity index (χ0n) is 18.3. The van der Waals surface area contributed by atoms with Crippen molar-refractivity contribution in [2.24, 2.45) is 0 Å². The number of nitrogens with one attached hydrogen (secondary N) is 1. The summed E-state index contributed by atoms with van der Waals surface area (Å²) >= 11 is 0. The van der Waals surface area contributed by atoms with Crippen LogP contribution >= 0.6 is 0 Å². The third-order valence-corrected chi connectivity index (χ3v) is 5.69. The van der Waals surface area contributed by atoms with Crippen LogP contribution in [0.3, 0.4) is 0 Å². The van der Waals surface area contributed by atoms with Gasteiger partial charge in [-0.15, -0.1) is 0 Å². The minimum absolute atomic E-state index is 0.208. The van der Waals surface area contributed by atoms with E-state index in [1.54, 1.807) is 19.2 Å². The summed E-state index contributed by atoms with van der Waals surface area (Å²) in [5.41, 5.74) is 6.22. The van der Waals surface area contributed by atoms with E-state index >= 15 is 0 Å². The molecule has 0 atom stereocenters. The highest BCUT2D eigenvalue weighted by Gasteiger charge is 2.22. The Hall–Kier alpha value is -4.25. The molecule has 0 bridgehead atoms. The molecular weight excluding hydrogens is 410 g/mol. The predicted molar refractivity (Wildman–Crippen MR) is 131 cm³/mol. The summed E-state index contributed by atoms with van der Waals surface area (Å²) in [5, 5.41) is 2.97. The number of ether oxygens (including phenoxy) is 1. The van der Waals surface area contributed by atoms with Crippen molar-refractivity contribution < 1.29 is 9.53 Å². The minimum Gasteiger partial charge on any atom is -0.497 e. The van der Waals surface area contributed by atoms with E-state index in [1.807, 2.05) is 72.8 Å². The summed E-state index contributed by atoms with van der Waals surface area (Å²) in [7, 11) is 1.67. The zero-order valence-corrected chi connectivity index (χ0v) is 18.3. The van der Waals surface area contributed by atoms with Gasteiger partial charge in [0, 0.05) is 11.1 Å². The molecule has 1 aliphatic rings. The molecule has 0 radical (unpaired) electrons. The maximum absolute atomic E-state index is 12.9. The van der Waals surface area contributed by atoms with Gasteiger partial charge in [0.15, 0.2) is 5.82 Å². The number of nitrogens with zero attached hydrogens (tertiary/aromatic N) is 2. The average molecular weight is 434 g/mol. The van der Waals surface area contributed by atoms with Gasteiger partial charge in [0.2, 0.25) is 0 Å². The maximum atomic E-state index is 12.9. The van der Waals surface area contributed by atoms with E-state index in [0.29, 0.717) is 17.1 Å². The van der Waals surface area contributed by atoms with Crippen LogP contribution in [0.5, 0.6) is 5.75 Å². The SMILES string of the molecule is COc1ccc2c(c1)CCc1nc(NC(=O)c3ccccc3)c(/C=C/c3ccccc3)nc1-2. The van der Waals surface area contributed by atoms with Crippen molar-refractivity contribution in [3.8, 4) is 17.0 Å². The van der Waals surface area contributed by atoms with Crippen LogP contribution in [0.25, 0.3) is 23.4 Å². The molecule has 1 N–H and O–H groups in total. The van der Waals surface area contributed by atoms with Gasteiger partial charge in [-0.1, -0.05) is 54.6 Å². The van der Waals surface area contributed by atoms with Gasteiger partial charge in [0.1, 0.15) is 11.4 Å². The summed E-state index contributed by atoms with van der Waals surface area (Å²) < 4.78 is 5.39. The summed E-state index contributed by atoms with van der Waals surface area (Å²) in [6, 6.07) is 25.2. The van der Waals surface area contributed by atoms with Gasteiger partial charge in [0.05, 0.1) is 18.5 Å². The second-order valence-corrected chi connectivity index (χ2v) is 7.84. The highest BCUT2D eigenvalue weighted by atomic mass is 16.5. The molecule has 1 amide bonds. The lowest BCUT2D eigenvalue weighted by Crippen LogP contribution is -2.17. The van der Waals surface area contributed by atoms with Crippen molar-refractivity contribution in [2.45, 2.75) is 12.8 Å². The van der Waals surface area contributed by atoms with Crippen LogP contribution in [0, 0.1) is 0 Å². The summed E-state index contributed by atoms with van der Waals surface area (Å²) in [4.78, 5) is 22.7. The molecule has 33 heavy (non-hydrogen) atoms. The number of hydrogen-bond donors (Lipinski definition) is 1. The first-order valence-electron chi connectivity index (χ1n) is 10.9. The highest BCUT2D eigenvalue weighted by Crippen LogP contribution is 2.35. The minimum atomic E-state index is -0.208. The summed E-state index contributed by atoms with van der Waals surface area (Å²) in [6.07, 6.45) is 5.48. The number of hydrogen-bond acceptors (Lipinski definition) is 4. The molecule has 0 spiro atoms. The Bertz CT molecular complexity index is 1330. The average Bonchev–Trinajstić information content (AvgIpc) is 2.88. The zero-order chi connectivity index (χ0) is 22.6. The third-order valence-electron chi connectivity index (χ3n) is 5.69. The first-order chi connectivity index (χ1) is 16.2. The lowest BCUT2D eigenvalue weighted by Gasteiger charge is -2.21. The second-order valence-electron chi connectivity index (χ2n) is 7.84. The maximum Gasteiger partial charge on any atom is 0.256 e. The molecule has 5 nitrogen and oxygen atoms in total. The highest BCUT2D eigenvalue weighted by molar-refractivity contribution is 6.04. The monoisotopic (exact) mass is 433 g/mol. The Morgan fingerprint density at radius 1 is 0.909 bits per heavy atom. The Balaban J connectivity index is 1.57. The van der Waals surface area contributed by atoms with E-state index in [2.05, 4.69) is 11.4 Å². The molecule has 3 aromatic carbocycles. The molecule has 0 saturated carbocycles. The van der Waals surface area contributed by atoms with Crippen molar-refractivity contribution in [3.05, 3.63) is 107 Å². The van der Waals surface area contributed by atoms with Crippen LogP contribution in [-0.2, 0) is 12.8 Å². The molecule has 162 valence electrons. The number of methoxy groups -OCH3 is 1.